The summed E-state index contributed by atoms with van der Waals surface area (Å²) in [5, 5.41) is 5.62. The lowest BCUT2D eigenvalue weighted by Gasteiger charge is -2.22. The van der Waals surface area contributed by atoms with E-state index in [1.165, 1.54) is 0 Å². The van der Waals surface area contributed by atoms with Gasteiger partial charge in [0.1, 0.15) is 11.9 Å². The SMILES string of the molecule is COc1ccc(Cn2nc(OC3CCOCC3)c3cc(Br)cnc32)cc1. The molecule has 0 aliphatic carbocycles. The smallest absolute Gasteiger partial charge is 0.242 e. The van der Waals surface area contributed by atoms with Crippen molar-refractivity contribution in [3.8, 4) is 11.6 Å². The van der Waals surface area contributed by atoms with Crippen LogP contribution in [0.2, 0.25) is 0 Å². The van der Waals surface area contributed by atoms with Crippen molar-refractivity contribution in [1.29, 1.82) is 0 Å². The summed E-state index contributed by atoms with van der Waals surface area (Å²) in [5.41, 5.74) is 1.93. The Bertz CT molecular complexity index is 889. The predicted octanol–water partition coefficient (Wildman–Crippen LogP) is 3.81. The van der Waals surface area contributed by atoms with Crippen LogP contribution < -0.4 is 9.47 Å². The molecular weight excluding hydrogens is 398 g/mol. The normalized spacial score (nSPS) is 15.3. The monoisotopic (exact) mass is 417 g/mol. The number of ether oxygens (including phenoxy) is 3. The lowest BCUT2D eigenvalue weighted by molar-refractivity contribution is 0.0240. The molecule has 26 heavy (non-hydrogen) atoms. The Kier molecular flexibility index (Phi) is 5.08. The molecule has 136 valence electrons. The van der Waals surface area contributed by atoms with E-state index in [0.717, 1.165) is 52.9 Å². The van der Waals surface area contributed by atoms with Crippen molar-refractivity contribution in [2.75, 3.05) is 20.3 Å². The summed E-state index contributed by atoms with van der Waals surface area (Å²) in [7, 11) is 1.66. The first kappa shape index (κ1) is 17.3. The molecule has 0 N–H and O–H groups in total. The number of pyridine rings is 1. The molecule has 3 aromatic rings. The summed E-state index contributed by atoms with van der Waals surface area (Å²) >= 11 is 3.49. The van der Waals surface area contributed by atoms with Crippen LogP contribution in [-0.2, 0) is 11.3 Å². The van der Waals surface area contributed by atoms with E-state index in [4.69, 9.17) is 19.3 Å². The van der Waals surface area contributed by atoms with Crippen LogP contribution in [0.5, 0.6) is 11.6 Å². The van der Waals surface area contributed by atoms with Gasteiger partial charge in [-0.15, -0.1) is 5.10 Å². The Balaban J connectivity index is 1.65. The molecule has 2 aromatic heterocycles. The van der Waals surface area contributed by atoms with Crippen molar-refractivity contribution >= 4 is 27.0 Å². The van der Waals surface area contributed by atoms with E-state index >= 15 is 0 Å². The molecule has 7 heteroatoms. The number of aromatic nitrogens is 3. The second-order valence-electron chi connectivity index (χ2n) is 6.27. The van der Waals surface area contributed by atoms with Crippen molar-refractivity contribution < 1.29 is 14.2 Å². The molecule has 1 aliphatic rings. The van der Waals surface area contributed by atoms with Crippen molar-refractivity contribution in [2.24, 2.45) is 0 Å². The molecule has 0 atom stereocenters. The summed E-state index contributed by atoms with van der Waals surface area (Å²) in [6.07, 6.45) is 3.69. The van der Waals surface area contributed by atoms with Crippen molar-refractivity contribution in [3.05, 3.63) is 46.6 Å². The first-order valence-electron chi connectivity index (χ1n) is 8.62. The maximum Gasteiger partial charge on any atom is 0.242 e. The highest BCUT2D eigenvalue weighted by atomic mass is 79.9. The van der Waals surface area contributed by atoms with Gasteiger partial charge < -0.3 is 14.2 Å². The number of benzene rings is 1. The van der Waals surface area contributed by atoms with Gasteiger partial charge in [-0.25, -0.2) is 9.67 Å². The van der Waals surface area contributed by atoms with Crippen LogP contribution in [0.15, 0.2) is 41.0 Å². The fourth-order valence-electron chi connectivity index (χ4n) is 3.06. The molecule has 4 rings (SSSR count). The van der Waals surface area contributed by atoms with Gasteiger partial charge in [0.2, 0.25) is 5.88 Å². The van der Waals surface area contributed by atoms with Crippen LogP contribution in [0.1, 0.15) is 18.4 Å². The summed E-state index contributed by atoms with van der Waals surface area (Å²) in [6, 6.07) is 9.97. The van der Waals surface area contributed by atoms with Gasteiger partial charge in [-0.3, -0.25) is 0 Å². The minimum absolute atomic E-state index is 0.135. The number of fused-ring (bicyclic) bond motifs is 1. The van der Waals surface area contributed by atoms with Gasteiger partial charge in [-0.05, 0) is 39.7 Å². The number of methoxy groups -OCH3 is 1. The topological polar surface area (TPSA) is 58.4 Å². The maximum atomic E-state index is 6.19. The molecule has 0 radical (unpaired) electrons. The summed E-state index contributed by atoms with van der Waals surface area (Å²) < 4.78 is 19.6. The Labute approximate surface area is 160 Å². The first-order chi connectivity index (χ1) is 12.7. The third-order valence-corrected chi connectivity index (χ3v) is 4.89. The predicted molar refractivity (Wildman–Crippen MR) is 102 cm³/mol. The summed E-state index contributed by atoms with van der Waals surface area (Å²) in [6.45, 7) is 2.08. The van der Waals surface area contributed by atoms with E-state index in [1.807, 2.05) is 35.0 Å². The lowest BCUT2D eigenvalue weighted by Crippen LogP contribution is -2.26. The maximum absolute atomic E-state index is 6.19. The van der Waals surface area contributed by atoms with E-state index in [9.17, 15) is 0 Å². The Morgan fingerprint density at radius 3 is 2.73 bits per heavy atom. The van der Waals surface area contributed by atoms with E-state index < -0.39 is 0 Å². The zero-order valence-corrected chi connectivity index (χ0v) is 16.1. The molecule has 0 bridgehead atoms. The standard InChI is InChI=1S/C19H20BrN3O3/c1-24-15-4-2-13(3-5-15)12-23-18-17(10-14(20)11-21-18)19(22-23)26-16-6-8-25-9-7-16/h2-5,10-11,16H,6-9,12H2,1H3. The van der Waals surface area contributed by atoms with Crippen molar-refractivity contribution in [3.63, 3.8) is 0 Å². The van der Waals surface area contributed by atoms with E-state index in [0.29, 0.717) is 12.4 Å². The largest absolute Gasteiger partial charge is 0.497 e. The number of hydrogen-bond acceptors (Lipinski definition) is 5. The van der Waals surface area contributed by atoms with Gasteiger partial charge in [-0.1, -0.05) is 12.1 Å². The second kappa shape index (κ2) is 7.63. The first-order valence-corrected chi connectivity index (χ1v) is 9.41. The van der Waals surface area contributed by atoms with Crippen LogP contribution in [-0.4, -0.2) is 41.2 Å². The number of halogens is 1. The van der Waals surface area contributed by atoms with Crippen LogP contribution >= 0.6 is 15.9 Å². The molecule has 0 unspecified atom stereocenters. The fraction of sp³-hybridized carbons (Fsp3) is 0.368. The van der Waals surface area contributed by atoms with E-state index in [1.54, 1.807) is 13.3 Å². The van der Waals surface area contributed by atoms with Gasteiger partial charge >= 0.3 is 0 Å². The highest BCUT2D eigenvalue weighted by Gasteiger charge is 2.20. The molecule has 0 saturated carbocycles. The van der Waals surface area contributed by atoms with E-state index in [2.05, 4.69) is 20.9 Å². The molecular formula is C19H20BrN3O3. The molecule has 1 aromatic carbocycles. The van der Waals surface area contributed by atoms with Crippen LogP contribution in [0.4, 0.5) is 0 Å². The number of hydrogen-bond donors (Lipinski definition) is 0. The average molecular weight is 418 g/mol. The summed E-state index contributed by atoms with van der Waals surface area (Å²) in [5.74, 6) is 1.47. The zero-order valence-electron chi connectivity index (χ0n) is 14.5. The van der Waals surface area contributed by atoms with Gasteiger partial charge in [0.05, 0.1) is 32.3 Å². The molecule has 1 aliphatic heterocycles. The fourth-order valence-corrected chi connectivity index (χ4v) is 3.39. The van der Waals surface area contributed by atoms with E-state index in [-0.39, 0.29) is 6.10 Å². The van der Waals surface area contributed by atoms with Gasteiger partial charge in [0.25, 0.3) is 0 Å². The summed E-state index contributed by atoms with van der Waals surface area (Å²) in [4.78, 5) is 4.55. The minimum atomic E-state index is 0.135. The third kappa shape index (κ3) is 3.68. The van der Waals surface area contributed by atoms with Crippen LogP contribution in [0.3, 0.4) is 0 Å². The van der Waals surface area contributed by atoms with Gasteiger partial charge in [0.15, 0.2) is 5.65 Å². The molecule has 0 amide bonds. The lowest BCUT2D eigenvalue weighted by atomic mass is 10.1. The molecule has 0 spiro atoms. The van der Waals surface area contributed by atoms with Crippen LogP contribution in [0, 0.1) is 0 Å². The molecule has 1 fully saturated rings. The molecule has 1 saturated heterocycles. The van der Waals surface area contributed by atoms with Gasteiger partial charge in [-0.2, -0.15) is 0 Å². The van der Waals surface area contributed by atoms with Crippen LogP contribution in [0.25, 0.3) is 11.0 Å². The van der Waals surface area contributed by atoms with Gasteiger partial charge in [0, 0.05) is 23.5 Å². The quantitative estimate of drug-likeness (QED) is 0.631. The minimum Gasteiger partial charge on any atom is -0.497 e. The van der Waals surface area contributed by atoms with Crippen molar-refractivity contribution in [1.82, 2.24) is 14.8 Å². The number of rotatable bonds is 5. The zero-order chi connectivity index (χ0) is 17.9. The Morgan fingerprint density at radius 2 is 2.00 bits per heavy atom. The van der Waals surface area contributed by atoms with Crippen molar-refractivity contribution in [2.45, 2.75) is 25.5 Å². The third-order valence-electron chi connectivity index (χ3n) is 4.46. The number of nitrogens with zero attached hydrogens (tertiary/aromatic N) is 3. The highest BCUT2D eigenvalue weighted by molar-refractivity contribution is 9.10. The average Bonchev–Trinajstić information content (AvgIpc) is 2.99. The highest BCUT2D eigenvalue weighted by Crippen LogP contribution is 2.29. The second-order valence-corrected chi connectivity index (χ2v) is 7.18. The molecule has 3 heterocycles. The molecule has 6 nitrogen and oxygen atoms in total. The Hall–Kier alpha value is -2.12. The Morgan fingerprint density at radius 1 is 1.23 bits per heavy atom.